The van der Waals surface area contributed by atoms with Gasteiger partial charge in [0.2, 0.25) is 11.7 Å². The molecule has 0 aliphatic carbocycles. The first-order valence-electron chi connectivity index (χ1n) is 7.13. The van der Waals surface area contributed by atoms with Gasteiger partial charge < -0.3 is 25.1 Å². The minimum atomic E-state index is -1.16. The Kier molecular flexibility index (Phi) is 5.25. The fourth-order valence-corrected chi connectivity index (χ4v) is 2.19. The molecule has 0 aliphatic heterocycles. The van der Waals surface area contributed by atoms with E-state index in [0.717, 1.165) is 0 Å². The number of carboxylic acids is 1. The highest BCUT2D eigenvalue weighted by atomic mass is 16.6. The average Bonchev–Trinajstić information content (AvgIpc) is 2.92. The van der Waals surface area contributed by atoms with E-state index >= 15 is 0 Å². The zero-order valence-corrected chi connectivity index (χ0v) is 12.9. The number of aromatic nitrogens is 2. The van der Waals surface area contributed by atoms with Gasteiger partial charge in [-0.05, 0) is 15.5 Å². The number of nitrogens with zero attached hydrogens (tertiary/aromatic N) is 3. The molecule has 0 bridgehead atoms. The molecule has 1 aromatic carbocycles. The second-order valence-electron chi connectivity index (χ2n) is 5.10. The lowest BCUT2D eigenvalue weighted by Gasteiger charge is -2.15. The zero-order chi connectivity index (χ0) is 17.7. The van der Waals surface area contributed by atoms with Crippen LogP contribution in [-0.4, -0.2) is 31.5 Å². The first-order chi connectivity index (χ1) is 11.4. The van der Waals surface area contributed by atoms with Gasteiger partial charge in [-0.2, -0.15) is 0 Å². The normalized spacial score (nSPS) is 11.7. The Hall–Kier alpha value is -3.23. The van der Waals surface area contributed by atoms with Gasteiger partial charge in [0.25, 0.3) is 0 Å². The molecule has 1 aromatic heterocycles. The number of amides is 1. The lowest BCUT2D eigenvalue weighted by atomic mass is 10.1. The summed E-state index contributed by atoms with van der Waals surface area (Å²) in [5.41, 5.74) is 0.466. The average molecular weight is 332 g/mol. The molecule has 0 fully saturated rings. The second-order valence-corrected chi connectivity index (χ2v) is 5.10. The number of hydrogen-bond donors (Lipinski definition) is 2. The van der Waals surface area contributed by atoms with Gasteiger partial charge in [-0.25, -0.2) is 4.79 Å². The standard InChI is InChI=1S/C15H16N4O5/c1-10-16-12(19(23)24)9-18(10)8-7-13(20)17-14(15(21)22)11-5-3-2-4-6-11/h2-6,9,14H,7-8H2,1H3,(H,17,20)(H,21,22)/t14-/m1/s1. The van der Waals surface area contributed by atoms with E-state index in [0.29, 0.717) is 11.4 Å². The van der Waals surface area contributed by atoms with Crippen molar-refractivity contribution in [3.63, 3.8) is 0 Å². The van der Waals surface area contributed by atoms with Crippen LogP contribution in [0.2, 0.25) is 0 Å². The predicted octanol–water partition coefficient (Wildman–Crippen LogP) is 1.43. The SMILES string of the molecule is Cc1nc([N+](=O)[O-])cn1CCC(=O)N[C@@H](C(=O)O)c1ccccc1. The summed E-state index contributed by atoms with van der Waals surface area (Å²) in [5, 5.41) is 22.4. The van der Waals surface area contributed by atoms with E-state index in [2.05, 4.69) is 10.3 Å². The molecule has 0 unspecified atom stereocenters. The van der Waals surface area contributed by atoms with Gasteiger partial charge in [-0.15, -0.1) is 0 Å². The van der Waals surface area contributed by atoms with Crippen LogP contribution < -0.4 is 5.32 Å². The minimum absolute atomic E-state index is 0.0228. The molecule has 2 rings (SSSR count). The van der Waals surface area contributed by atoms with Gasteiger partial charge in [0, 0.05) is 19.9 Å². The van der Waals surface area contributed by atoms with Gasteiger partial charge in [0.15, 0.2) is 6.04 Å². The van der Waals surface area contributed by atoms with Crippen LogP contribution in [0.3, 0.4) is 0 Å². The molecule has 126 valence electrons. The van der Waals surface area contributed by atoms with Crippen molar-refractivity contribution in [2.75, 3.05) is 0 Å². The highest BCUT2D eigenvalue weighted by Crippen LogP contribution is 2.14. The summed E-state index contributed by atoms with van der Waals surface area (Å²) in [5.74, 6) is -1.51. The number of carboxylic acid groups (broad SMARTS) is 1. The second kappa shape index (κ2) is 7.36. The summed E-state index contributed by atoms with van der Waals surface area (Å²) in [4.78, 5) is 37.2. The van der Waals surface area contributed by atoms with Crippen molar-refractivity contribution < 1.29 is 19.6 Å². The summed E-state index contributed by atoms with van der Waals surface area (Å²) in [6.45, 7) is 1.76. The lowest BCUT2D eigenvalue weighted by Crippen LogP contribution is -2.34. The molecule has 0 saturated heterocycles. The third kappa shape index (κ3) is 4.15. The number of nitrogens with one attached hydrogen (secondary N) is 1. The Morgan fingerprint density at radius 3 is 2.58 bits per heavy atom. The number of hydrogen-bond acceptors (Lipinski definition) is 5. The van der Waals surface area contributed by atoms with Crippen LogP contribution in [0.25, 0.3) is 0 Å². The summed E-state index contributed by atoms with van der Waals surface area (Å²) >= 11 is 0. The van der Waals surface area contributed by atoms with E-state index in [1.54, 1.807) is 37.3 Å². The smallest absolute Gasteiger partial charge is 0.381 e. The topological polar surface area (TPSA) is 127 Å². The molecule has 1 heterocycles. The van der Waals surface area contributed by atoms with Crippen LogP contribution in [0.1, 0.15) is 23.9 Å². The Morgan fingerprint density at radius 1 is 1.38 bits per heavy atom. The highest BCUT2D eigenvalue weighted by molar-refractivity contribution is 5.84. The molecular weight excluding hydrogens is 316 g/mol. The molecule has 1 atom stereocenters. The van der Waals surface area contributed by atoms with E-state index in [9.17, 15) is 24.8 Å². The molecule has 24 heavy (non-hydrogen) atoms. The molecule has 1 amide bonds. The van der Waals surface area contributed by atoms with Crippen LogP contribution in [0.15, 0.2) is 36.5 Å². The van der Waals surface area contributed by atoms with Gasteiger partial charge in [0.1, 0.15) is 6.20 Å². The van der Waals surface area contributed by atoms with Crippen LogP contribution in [0.4, 0.5) is 5.82 Å². The quantitative estimate of drug-likeness (QED) is 0.583. The number of rotatable bonds is 7. The van der Waals surface area contributed by atoms with Crippen molar-refractivity contribution in [3.8, 4) is 0 Å². The Balaban J connectivity index is 1.99. The Labute approximate surface area is 137 Å². The van der Waals surface area contributed by atoms with Crippen LogP contribution in [0.5, 0.6) is 0 Å². The fourth-order valence-electron chi connectivity index (χ4n) is 2.19. The lowest BCUT2D eigenvalue weighted by molar-refractivity contribution is -0.389. The molecule has 0 radical (unpaired) electrons. The molecular formula is C15H16N4O5. The summed E-state index contributed by atoms with van der Waals surface area (Å²) in [6, 6.07) is 7.21. The number of imidazole rings is 1. The zero-order valence-electron chi connectivity index (χ0n) is 12.9. The minimum Gasteiger partial charge on any atom is -0.479 e. The number of carbonyl (C=O) groups is 2. The number of aliphatic carboxylic acids is 1. The number of aryl methyl sites for hydroxylation is 2. The van der Waals surface area contributed by atoms with Crippen LogP contribution in [-0.2, 0) is 16.1 Å². The van der Waals surface area contributed by atoms with E-state index in [-0.39, 0.29) is 18.8 Å². The molecule has 2 aromatic rings. The van der Waals surface area contributed by atoms with E-state index in [1.807, 2.05) is 0 Å². The van der Waals surface area contributed by atoms with Crippen LogP contribution >= 0.6 is 0 Å². The summed E-state index contributed by atoms with van der Waals surface area (Å²) in [6.07, 6.45) is 1.22. The first-order valence-corrected chi connectivity index (χ1v) is 7.13. The molecule has 0 saturated carbocycles. The third-order valence-electron chi connectivity index (χ3n) is 3.42. The van der Waals surface area contributed by atoms with Gasteiger partial charge in [-0.1, -0.05) is 30.3 Å². The number of carbonyl (C=O) groups excluding carboxylic acids is 1. The van der Waals surface area contributed by atoms with Gasteiger partial charge in [-0.3, -0.25) is 4.79 Å². The van der Waals surface area contributed by atoms with E-state index < -0.39 is 22.8 Å². The van der Waals surface area contributed by atoms with E-state index in [4.69, 9.17) is 0 Å². The van der Waals surface area contributed by atoms with E-state index in [1.165, 1.54) is 10.8 Å². The molecule has 9 nitrogen and oxygen atoms in total. The molecule has 2 N–H and O–H groups in total. The third-order valence-corrected chi connectivity index (χ3v) is 3.42. The van der Waals surface area contributed by atoms with Crippen molar-refractivity contribution in [2.45, 2.75) is 25.9 Å². The van der Waals surface area contributed by atoms with Crippen molar-refractivity contribution in [3.05, 3.63) is 58.0 Å². The van der Waals surface area contributed by atoms with Crippen molar-refractivity contribution >= 4 is 17.7 Å². The van der Waals surface area contributed by atoms with Crippen LogP contribution in [0, 0.1) is 17.0 Å². The maximum absolute atomic E-state index is 12.0. The van der Waals surface area contributed by atoms with Gasteiger partial charge in [0.05, 0.1) is 0 Å². The van der Waals surface area contributed by atoms with Crippen molar-refractivity contribution in [1.29, 1.82) is 0 Å². The Morgan fingerprint density at radius 2 is 2.04 bits per heavy atom. The molecule has 0 spiro atoms. The fraction of sp³-hybridized carbons (Fsp3) is 0.267. The molecule has 0 aliphatic rings. The predicted molar refractivity (Wildman–Crippen MR) is 83.2 cm³/mol. The van der Waals surface area contributed by atoms with Crippen molar-refractivity contribution in [2.24, 2.45) is 0 Å². The first kappa shape index (κ1) is 17.1. The maximum Gasteiger partial charge on any atom is 0.381 e. The Bertz CT molecular complexity index is 756. The number of nitro groups is 1. The maximum atomic E-state index is 12.0. The largest absolute Gasteiger partial charge is 0.479 e. The number of benzene rings is 1. The van der Waals surface area contributed by atoms with Crippen molar-refractivity contribution in [1.82, 2.24) is 14.9 Å². The monoisotopic (exact) mass is 332 g/mol. The molecule has 9 heteroatoms. The summed E-state index contributed by atoms with van der Waals surface area (Å²) in [7, 11) is 0. The summed E-state index contributed by atoms with van der Waals surface area (Å²) < 4.78 is 1.48. The highest BCUT2D eigenvalue weighted by Gasteiger charge is 2.22. The van der Waals surface area contributed by atoms with Gasteiger partial charge >= 0.3 is 11.8 Å².